The number of rotatable bonds is 4. The van der Waals surface area contributed by atoms with Crippen LogP contribution in [-0.2, 0) is 4.74 Å². The van der Waals surface area contributed by atoms with E-state index in [1.807, 2.05) is 0 Å². The first-order valence-electron chi connectivity index (χ1n) is 5.86. The molecular formula is C13H13F2N3O2. The van der Waals surface area contributed by atoms with Crippen LogP contribution >= 0.6 is 0 Å². The van der Waals surface area contributed by atoms with Crippen LogP contribution in [0.15, 0.2) is 24.5 Å². The van der Waals surface area contributed by atoms with Crippen molar-refractivity contribution in [1.29, 1.82) is 0 Å². The fourth-order valence-corrected chi connectivity index (χ4v) is 1.74. The minimum Gasteiger partial charge on any atom is -0.465 e. The third-order valence-corrected chi connectivity index (χ3v) is 2.79. The van der Waals surface area contributed by atoms with Gasteiger partial charge in [0.25, 0.3) is 0 Å². The molecule has 0 radical (unpaired) electrons. The molecule has 0 amide bonds. The Bertz CT molecular complexity index is 614. The SMILES string of the molecule is COC(=O)c1ccc(NC(C)c2ncc[nH]2)c(F)c1F. The lowest BCUT2D eigenvalue weighted by Crippen LogP contribution is -2.12. The third-order valence-electron chi connectivity index (χ3n) is 2.79. The molecule has 0 fully saturated rings. The monoisotopic (exact) mass is 281 g/mol. The molecule has 2 N–H and O–H groups in total. The Hall–Kier alpha value is -2.44. The summed E-state index contributed by atoms with van der Waals surface area (Å²) in [6.45, 7) is 1.74. The summed E-state index contributed by atoms with van der Waals surface area (Å²) in [5.74, 6) is -2.71. The van der Waals surface area contributed by atoms with Gasteiger partial charge in [-0.3, -0.25) is 0 Å². The summed E-state index contributed by atoms with van der Waals surface area (Å²) in [4.78, 5) is 18.1. The van der Waals surface area contributed by atoms with Gasteiger partial charge in [0.15, 0.2) is 11.6 Å². The lowest BCUT2D eigenvalue weighted by atomic mass is 10.1. The first kappa shape index (κ1) is 14.0. The van der Waals surface area contributed by atoms with Crippen LogP contribution in [0.2, 0.25) is 0 Å². The molecule has 2 rings (SSSR count). The molecule has 1 atom stereocenters. The van der Waals surface area contributed by atoms with Gasteiger partial charge in [0.05, 0.1) is 24.4 Å². The van der Waals surface area contributed by atoms with Gasteiger partial charge >= 0.3 is 5.97 Å². The van der Waals surface area contributed by atoms with Crippen molar-refractivity contribution in [1.82, 2.24) is 9.97 Å². The molecule has 106 valence electrons. The Kier molecular flexibility index (Phi) is 3.97. The summed E-state index contributed by atoms with van der Waals surface area (Å²) >= 11 is 0. The van der Waals surface area contributed by atoms with Crippen molar-refractivity contribution in [2.45, 2.75) is 13.0 Å². The number of nitrogens with zero attached hydrogens (tertiary/aromatic N) is 1. The predicted molar refractivity (Wildman–Crippen MR) is 68.3 cm³/mol. The van der Waals surface area contributed by atoms with Gasteiger partial charge in [-0.25, -0.2) is 18.6 Å². The largest absolute Gasteiger partial charge is 0.465 e. The molecule has 0 aliphatic rings. The van der Waals surface area contributed by atoms with Crippen molar-refractivity contribution in [3.63, 3.8) is 0 Å². The summed E-state index contributed by atoms with van der Waals surface area (Å²) in [7, 11) is 1.10. The molecule has 0 aliphatic carbocycles. The number of aromatic amines is 1. The summed E-state index contributed by atoms with van der Waals surface area (Å²) < 4.78 is 32.0. The molecule has 1 aromatic heterocycles. The molecule has 1 aromatic carbocycles. The fourth-order valence-electron chi connectivity index (χ4n) is 1.74. The number of anilines is 1. The van der Waals surface area contributed by atoms with Crippen LogP contribution in [0.4, 0.5) is 14.5 Å². The van der Waals surface area contributed by atoms with Crippen LogP contribution in [0.5, 0.6) is 0 Å². The van der Waals surface area contributed by atoms with Gasteiger partial charge in [0.2, 0.25) is 0 Å². The number of carbonyl (C=O) groups excluding carboxylic acids is 1. The maximum absolute atomic E-state index is 13.9. The number of hydrogen-bond acceptors (Lipinski definition) is 4. The van der Waals surface area contributed by atoms with Crippen LogP contribution in [-0.4, -0.2) is 23.0 Å². The standard InChI is InChI=1S/C13H13F2N3O2/c1-7(12-16-5-6-17-12)18-9-4-3-8(13(19)20-2)10(14)11(9)15/h3-7,18H,1-2H3,(H,16,17). The molecule has 0 aliphatic heterocycles. The van der Waals surface area contributed by atoms with E-state index < -0.39 is 23.2 Å². The van der Waals surface area contributed by atoms with Gasteiger partial charge in [0.1, 0.15) is 5.82 Å². The predicted octanol–water partition coefficient (Wildman–Crippen LogP) is 2.65. The third kappa shape index (κ3) is 2.61. The highest BCUT2D eigenvalue weighted by molar-refractivity contribution is 5.90. The smallest absolute Gasteiger partial charge is 0.340 e. The topological polar surface area (TPSA) is 67.0 Å². The highest BCUT2D eigenvalue weighted by Gasteiger charge is 2.20. The zero-order valence-electron chi connectivity index (χ0n) is 10.9. The first-order chi connectivity index (χ1) is 9.54. The molecule has 0 saturated carbocycles. The Morgan fingerprint density at radius 3 is 2.75 bits per heavy atom. The number of aromatic nitrogens is 2. The van der Waals surface area contributed by atoms with Crippen LogP contribution in [0.3, 0.4) is 0 Å². The lowest BCUT2D eigenvalue weighted by molar-refractivity contribution is 0.0594. The highest BCUT2D eigenvalue weighted by atomic mass is 19.2. The van der Waals surface area contributed by atoms with E-state index in [0.29, 0.717) is 5.82 Å². The van der Waals surface area contributed by atoms with Gasteiger partial charge in [-0.1, -0.05) is 0 Å². The molecule has 1 heterocycles. The van der Waals surface area contributed by atoms with Crippen LogP contribution in [0.25, 0.3) is 0 Å². The number of H-pyrrole nitrogens is 1. The first-order valence-corrected chi connectivity index (χ1v) is 5.86. The van der Waals surface area contributed by atoms with Crippen LogP contribution in [0.1, 0.15) is 29.1 Å². The molecule has 7 heteroatoms. The van der Waals surface area contributed by atoms with E-state index in [2.05, 4.69) is 20.0 Å². The summed E-state index contributed by atoms with van der Waals surface area (Å²) in [6, 6.07) is 2.11. The van der Waals surface area contributed by atoms with Gasteiger partial charge < -0.3 is 15.0 Å². The van der Waals surface area contributed by atoms with Gasteiger partial charge in [-0.05, 0) is 19.1 Å². The Balaban J connectivity index is 2.26. The van der Waals surface area contributed by atoms with E-state index in [4.69, 9.17) is 0 Å². The average molecular weight is 281 g/mol. The molecule has 5 nitrogen and oxygen atoms in total. The number of carbonyl (C=O) groups is 1. The molecule has 0 bridgehead atoms. The zero-order valence-corrected chi connectivity index (χ0v) is 10.9. The van der Waals surface area contributed by atoms with E-state index in [0.717, 1.165) is 7.11 Å². The second-order valence-electron chi connectivity index (χ2n) is 4.12. The maximum Gasteiger partial charge on any atom is 0.340 e. The number of esters is 1. The second-order valence-corrected chi connectivity index (χ2v) is 4.12. The summed E-state index contributed by atoms with van der Waals surface area (Å²) in [5.41, 5.74) is -0.500. The van der Waals surface area contributed by atoms with E-state index in [1.165, 1.54) is 12.1 Å². The van der Waals surface area contributed by atoms with Crippen LogP contribution < -0.4 is 5.32 Å². The van der Waals surface area contributed by atoms with Gasteiger partial charge in [-0.15, -0.1) is 0 Å². The normalized spacial score (nSPS) is 12.0. The quantitative estimate of drug-likeness (QED) is 0.845. The number of methoxy groups -OCH3 is 1. The fraction of sp³-hybridized carbons (Fsp3) is 0.231. The number of imidazole rings is 1. The minimum atomic E-state index is -1.24. The van der Waals surface area contributed by atoms with Crippen molar-refractivity contribution in [3.8, 4) is 0 Å². The number of hydrogen-bond donors (Lipinski definition) is 2. The molecule has 2 aromatic rings. The van der Waals surface area contributed by atoms with Crippen LogP contribution in [0, 0.1) is 11.6 Å². The van der Waals surface area contributed by atoms with Crippen molar-refractivity contribution in [3.05, 3.63) is 47.5 Å². The second kappa shape index (κ2) is 5.68. The average Bonchev–Trinajstić information content (AvgIpc) is 2.97. The summed E-state index contributed by atoms with van der Waals surface area (Å²) in [5, 5.41) is 2.78. The molecular weight excluding hydrogens is 268 g/mol. The Morgan fingerprint density at radius 2 is 2.15 bits per heavy atom. The van der Waals surface area contributed by atoms with E-state index in [1.54, 1.807) is 19.3 Å². The minimum absolute atomic E-state index is 0.0564. The lowest BCUT2D eigenvalue weighted by Gasteiger charge is -2.14. The van der Waals surface area contributed by atoms with Crippen molar-refractivity contribution in [2.75, 3.05) is 12.4 Å². The highest BCUT2D eigenvalue weighted by Crippen LogP contribution is 2.24. The Morgan fingerprint density at radius 1 is 1.40 bits per heavy atom. The van der Waals surface area contributed by atoms with Gasteiger partial charge in [-0.2, -0.15) is 0 Å². The van der Waals surface area contributed by atoms with E-state index in [-0.39, 0.29) is 11.7 Å². The molecule has 20 heavy (non-hydrogen) atoms. The molecule has 1 unspecified atom stereocenters. The number of benzene rings is 1. The number of ether oxygens (including phenoxy) is 1. The summed E-state index contributed by atoms with van der Waals surface area (Å²) in [6.07, 6.45) is 3.19. The van der Waals surface area contributed by atoms with Crippen molar-refractivity contribution in [2.24, 2.45) is 0 Å². The molecule has 0 saturated heterocycles. The van der Waals surface area contributed by atoms with Crippen molar-refractivity contribution < 1.29 is 18.3 Å². The zero-order chi connectivity index (χ0) is 14.7. The Labute approximate surface area is 114 Å². The maximum atomic E-state index is 13.9. The molecule has 0 spiro atoms. The van der Waals surface area contributed by atoms with Crippen molar-refractivity contribution >= 4 is 11.7 Å². The number of halogens is 2. The van der Waals surface area contributed by atoms with Gasteiger partial charge in [0, 0.05) is 12.4 Å². The number of nitrogens with one attached hydrogen (secondary N) is 2. The van der Waals surface area contributed by atoms with E-state index >= 15 is 0 Å². The van der Waals surface area contributed by atoms with E-state index in [9.17, 15) is 13.6 Å².